The van der Waals surface area contributed by atoms with Crippen LogP contribution in [0.3, 0.4) is 0 Å². The molecule has 1 rings (SSSR count). The van der Waals surface area contributed by atoms with Gasteiger partial charge in [-0.3, -0.25) is 4.79 Å². The van der Waals surface area contributed by atoms with Gasteiger partial charge in [-0.05, 0) is 31.6 Å². The van der Waals surface area contributed by atoms with E-state index in [0.29, 0.717) is 0 Å². The van der Waals surface area contributed by atoms with E-state index in [2.05, 4.69) is 5.32 Å². The van der Waals surface area contributed by atoms with E-state index in [1.807, 2.05) is 0 Å². The number of hydrogen-bond donors (Lipinski definition) is 1. The van der Waals surface area contributed by atoms with Crippen molar-refractivity contribution in [1.82, 2.24) is 5.32 Å². The quantitative estimate of drug-likeness (QED) is 0.671. The largest absolute Gasteiger partial charge is 0.381 e. The van der Waals surface area contributed by atoms with Gasteiger partial charge >= 0.3 is 0 Å². The van der Waals surface area contributed by atoms with Crippen molar-refractivity contribution in [2.24, 2.45) is 5.92 Å². The van der Waals surface area contributed by atoms with E-state index in [9.17, 15) is 4.79 Å². The molecule has 1 aliphatic rings. The first-order chi connectivity index (χ1) is 7.33. The number of carbonyl (C=O) groups excluding carboxylic acids is 1. The first-order valence-electron chi connectivity index (χ1n) is 5.66. The molecule has 0 saturated carbocycles. The van der Waals surface area contributed by atoms with E-state index in [1.165, 1.54) is 26.4 Å². The van der Waals surface area contributed by atoms with E-state index in [0.717, 1.165) is 32.1 Å². The van der Waals surface area contributed by atoms with Crippen LogP contribution in [0, 0.1) is 5.92 Å². The Bertz CT molecular complexity index is 179. The number of carbonyl (C=O) groups is 1. The van der Waals surface area contributed by atoms with Crippen LogP contribution in [0.25, 0.3) is 0 Å². The minimum Gasteiger partial charge on any atom is -0.381 e. The highest BCUT2D eigenvalue weighted by molar-refractivity contribution is 5.77. The Morgan fingerprint density at radius 2 is 2.20 bits per heavy atom. The van der Waals surface area contributed by atoms with Crippen LogP contribution < -0.4 is 5.32 Å². The average molecular weight is 215 g/mol. The number of methoxy groups -OCH3 is 1. The molecule has 4 heteroatoms. The maximum Gasteiger partial charge on any atom is 0.245 e. The number of nitrogens with one attached hydrogen (secondary N) is 1. The molecule has 1 fully saturated rings. The summed E-state index contributed by atoms with van der Waals surface area (Å²) in [6, 6.07) is 0. The Balaban J connectivity index is 1.93. The third kappa shape index (κ3) is 5.74. The van der Waals surface area contributed by atoms with Crippen molar-refractivity contribution < 1.29 is 14.3 Å². The van der Waals surface area contributed by atoms with E-state index in [1.54, 1.807) is 0 Å². The maximum atomic E-state index is 11.0. The molecule has 0 aromatic heterocycles. The van der Waals surface area contributed by atoms with Gasteiger partial charge in [0.2, 0.25) is 5.91 Å². The molecule has 1 amide bonds. The topological polar surface area (TPSA) is 47.6 Å². The molecule has 0 aliphatic carbocycles. The molecule has 1 saturated heterocycles. The summed E-state index contributed by atoms with van der Waals surface area (Å²) in [6.07, 6.45) is 4.59. The van der Waals surface area contributed by atoms with Crippen LogP contribution in [0.4, 0.5) is 0 Å². The highest BCUT2D eigenvalue weighted by atomic mass is 16.5. The molecule has 0 aromatic carbocycles. The number of hydrogen-bond acceptors (Lipinski definition) is 3. The smallest absolute Gasteiger partial charge is 0.245 e. The van der Waals surface area contributed by atoms with Gasteiger partial charge in [0, 0.05) is 26.9 Å². The molecule has 1 N–H and O–H groups in total. The fourth-order valence-electron chi connectivity index (χ4n) is 1.84. The van der Waals surface area contributed by atoms with Crippen LogP contribution in [0.15, 0.2) is 0 Å². The molecule has 1 aliphatic heterocycles. The number of rotatable bonds is 6. The van der Waals surface area contributed by atoms with Crippen LogP contribution in [0.2, 0.25) is 0 Å². The summed E-state index contributed by atoms with van der Waals surface area (Å²) in [6.45, 7) is 2.73. The van der Waals surface area contributed by atoms with Crippen molar-refractivity contribution in [1.29, 1.82) is 0 Å². The first kappa shape index (κ1) is 12.5. The molecule has 0 unspecified atom stereocenters. The molecule has 88 valence electrons. The second-order valence-electron chi connectivity index (χ2n) is 3.98. The Morgan fingerprint density at radius 3 is 2.87 bits per heavy atom. The second-order valence-corrected chi connectivity index (χ2v) is 3.98. The third-order valence-electron chi connectivity index (χ3n) is 2.73. The fourth-order valence-corrected chi connectivity index (χ4v) is 1.84. The Morgan fingerprint density at radius 1 is 1.47 bits per heavy atom. The van der Waals surface area contributed by atoms with E-state index in [-0.39, 0.29) is 12.5 Å². The van der Waals surface area contributed by atoms with Crippen molar-refractivity contribution in [3.8, 4) is 0 Å². The summed E-state index contributed by atoms with van der Waals surface area (Å²) in [5.41, 5.74) is 0. The summed E-state index contributed by atoms with van der Waals surface area (Å²) in [4.78, 5) is 11.0. The molecule has 0 spiro atoms. The van der Waals surface area contributed by atoms with Crippen molar-refractivity contribution in [3.05, 3.63) is 0 Å². The van der Waals surface area contributed by atoms with Gasteiger partial charge < -0.3 is 14.8 Å². The lowest BCUT2D eigenvalue weighted by molar-refractivity contribution is -0.124. The average Bonchev–Trinajstić information content (AvgIpc) is 2.26. The predicted octanol–water partition coefficient (Wildman–Crippen LogP) is 0.956. The van der Waals surface area contributed by atoms with Gasteiger partial charge in [0.05, 0.1) is 0 Å². The molecule has 0 atom stereocenters. The lowest BCUT2D eigenvalue weighted by Crippen LogP contribution is -2.28. The third-order valence-corrected chi connectivity index (χ3v) is 2.73. The zero-order chi connectivity index (χ0) is 10.9. The van der Waals surface area contributed by atoms with E-state index < -0.39 is 0 Å². The zero-order valence-electron chi connectivity index (χ0n) is 9.46. The summed E-state index contributed by atoms with van der Waals surface area (Å²) in [7, 11) is 1.53. The molecular formula is C11H21NO3. The Kier molecular flexibility index (Phi) is 6.36. The number of ether oxygens (including phenoxy) is 2. The zero-order valence-corrected chi connectivity index (χ0v) is 9.46. The van der Waals surface area contributed by atoms with Crippen molar-refractivity contribution in [2.45, 2.75) is 25.7 Å². The Hall–Kier alpha value is -0.610. The monoisotopic (exact) mass is 215 g/mol. The minimum absolute atomic E-state index is 0.0236. The van der Waals surface area contributed by atoms with Gasteiger partial charge in [0.25, 0.3) is 0 Å². The van der Waals surface area contributed by atoms with Crippen molar-refractivity contribution in [2.75, 3.05) is 33.5 Å². The van der Waals surface area contributed by atoms with Crippen LogP contribution in [-0.2, 0) is 14.3 Å². The summed E-state index contributed by atoms with van der Waals surface area (Å²) < 4.78 is 10.0. The molecule has 1 heterocycles. The standard InChI is InChI=1S/C11H21NO3/c1-14-9-11(13)12-6-2-3-10-4-7-15-8-5-10/h10H,2-9H2,1H3,(H,12,13). The molecule has 0 radical (unpaired) electrons. The first-order valence-corrected chi connectivity index (χ1v) is 5.66. The van der Waals surface area contributed by atoms with E-state index in [4.69, 9.17) is 9.47 Å². The molecule has 0 bridgehead atoms. The fraction of sp³-hybridized carbons (Fsp3) is 0.909. The number of amides is 1. The maximum absolute atomic E-state index is 11.0. The van der Waals surface area contributed by atoms with Crippen molar-refractivity contribution in [3.63, 3.8) is 0 Å². The second kappa shape index (κ2) is 7.65. The Labute approximate surface area is 91.3 Å². The van der Waals surface area contributed by atoms with Gasteiger partial charge in [0.1, 0.15) is 6.61 Å². The van der Waals surface area contributed by atoms with Gasteiger partial charge in [-0.25, -0.2) is 0 Å². The predicted molar refractivity (Wildman–Crippen MR) is 57.7 cm³/mol. The van der Waals surface area contributed by atoms with Crippen LogP contribution in [-0.4, -0.2) is 39.4 Å². The van der Waals surface area contributed by atoms with Gasteiger partial charge in [0.15, 0.2) is 0 Å². The van der Waals surface area contributed by atoms with Gasteiger partial charge in [-0.2, -0.15) is 0 Å². The molecule has 0 aromatic rings. The lowest BCUT2D eigenvalue weighted by Gasteiger charge is -2.21. The highest BCUT2D eigenvalue weighted by Gasteiger charge is 2.12. The van der Waals surface area contributed by atoms with Crippen LogP contribution >= 0.6 is 0 Å². The van der Waals surface area contributed by atoms with E-state index >= 15 is 0 Å². The van der Waals surface area contributed by atoms with Crippen LogP contribution in [0.5, 0.6) is 0 Å². The van der Waals surface area contributed by atoms with Gasteiger partial charge in [-0.1, -0.05) is 0 Å². The summed E-state index contributed by atoms with van der Waals surface area (Å²) in [5, 5.41) is 2.83. The highest BCUT2D eigenvalue weighted by Crippen LogP contribution is 2.19. The van der Waals surface area contributed by atoms with Gasteiger partial charge in [-0.15, -0.1) is 0 Å². The summed E-state index contributed by atoms with van der Waals surface area (Å²) >= 11 is 0. The van der Waals surface area contributed by atoms with Crippen molar-refractivity contribution >= 4 is 5.91 Å². The van der Waals surface area contributed by atoms with Crippen LogP contribution in [0.1, 0.15) is 25.7 Å². The summed E-state index contributed by atoms with van der Waals surface area (Å²) in [5.74, 6) is 0.766. The molecule has 15 heavy (non-hydrogen) atoms. The lowest BCUT2D eigenvalue weighted by atomic mass is 9.95. The SMILES string of the molecule is COCC(=O)NCCCC1CCOCC1. The molecular weight excluding hydrogens is 194 g/mol. The molecule has 4 nitrogen and oxygen atoms in total. The normalized spacial score (nSPS) is 17.7. The minimum atomic E-state index is -0.0236.